The van der Waals surface area contributed by atoms with Gasteiger partial charge in [0.25, 0.3) is 0 Å². The van der Waals surface area contributed by atoms with Crippen LogP contribution in [0.1, 0.15) is 94.7 Å². The van der Waals surface area contributed by atoms with E-state index < -0.39 is 0 Å². The predicted molar refractivity (Wildman–Crippen MR) is 109 cm³/mol. The van der Waals surface area contributed by atoms with Gasteiger partial charge in [0.1, 0.15) is 0 Å². The van der Waals surface area contributed by atoms with Crippen LogP contribution in [0.2, 0.25) is 9.20 Å². The third kappa shape index (κ3) is 4.67. The van der Waals surface area contributed by atoms with Crippen LogP contribution in [0.4, 0.5) is 5.69 Å². The fourth-order valence-electron chi connectivity index (χ4n) is 4.33. The zero-order valence-electron chi connectivity index (χ0n) is 16.1. The van der Waals surface area contributed by atoms with E-state index in [-0.39, 0.29) is 5.54 Å². The molecule has 1 aliphatic heterocycles. The Kier molecular flexibility index (Phi) is 7.44. The number of unbranched alkanes of at least 4 members (excludes halogenated alkanes) is 2. The molecule has 1 aromatic carbocycles. The van der Waals surface area contributed by atoms with Crippen molar-refractivity contribution in [2.45, 2.75) is 94.7 Å². The van der Waals surface area contributed by atoms with Gasteiger partial charge >= 0.3 is 169 Å². The number of hydrogen-bond acceptors (Lipinski definition) is 1. The number of rotatable bonds is 7. The Bertz CT molecular complexity index is 567. The van der Waals surface area contributed by atoms with Crippen LogP contribution in [0.25, 0.3) is 0 Å². The van der Waals surface area contributed by atoms with Gasteiger partial charge in [-0.3, -0.25) is 0 Å². The summed E-state index contributed by atoms with van der Waals surface area (Å²) in [6.07, 6.45) is 7.69. The van der Waals surface area contributed by atoms with Crippen molar-refractivity contribution in [1.82, 2.24) is 0 Å². The monoisotopic (exact) mass is 449 g/mol. The summed E-state index contributed by atoms with van der Waals surface area (Å²) >= 11 is 8.35. The molecule has 0 aromatic heterocycles. The van der Waals surface area contributed by atoms with E-state index in [2.05, 4.69) is 46.0 Å². The van der Waals surface area contributed by atoms with Crippen LogP contribution in [0.3, 0.4) is 0 Å². The van der Waals surface area contributed by atoms with Crippen molar-refractivity contribution in [2.24, 2.45) is 0 Å². The molecule has 0 amide bonds. The maximum atomic E-state index is 7.00. The number of fused-ring (bicyclic) bond motifs is 1. The summed E-state index contributed by atoms with van der Waals surface area (Å²) in [6.45, 7) is 11.5. The average molecular weight is 450 g/mol. The van der Waals surface area contributed by atoms with Crippen LogP contribution in [-0.4, -0.2) is 29.9 Å². The molecule has 24 heavy (non-hydrogen) atoms. The number of nitrogens with one attached hydrogen (secondary N) is 1. The predicted octanol–water partition coefficient (Wildman–Crippen LogP) is 6.99. The van der Waals surface area contributed by atoms with E-state index in [1.807, 2.05) is 0 Å². The van der Waals surface area contributed by atoms with Gasteiger partial charge in [-0.25, -0.2) is 0 Å². The normalized spacial score (nSPS) is 20.3. The molecule has 1 aromatic rings. The second-order valence-electron chi connectivity index (χ2n) is 8.27. The van der Waals surface area contributed by atoms with Crippen molar-refractivity contribution >= 4 is 41.7 Å². The van der Waals surface area contributed by atoms with Crippen LogP contribution >= 0.6 is 11.6 Å². The average Bonchev–Trinajstić information content (AvgIpc) is 2.48. The molecule has 1 heterocycles. The molecule has 132 valence electrons. The van der Waals surface area contributed by atoms with Crippen LogP contribution in [0.15, 0.2) is 6.07 Å². The Morgan fingerprint density at radius 3 is 2.67 bits per heavy atom. The van der Waals surface area contributed by atoms with Gasteiger partial charge in [0.15, 0.2) is 0 Å². The first-order valence-corrected chi connectivity index (χ1v) is 12.3. The van der Waals surface area contributed by atoms with Crippen LogP contribution in [0, 0.1) is 6.92 Å². The first kappa shape index (κ1) is 20.5. The van der Waals surface area contributed by atoms with Gasteiger partial charge in [-0.15, -0.1) is 0 Å². The van der Waals surface area contributed by atoms with Crippen LogP contribution in [-0.2, 0) is 0 Å². The molecule has 0 bridgehead atoms. The van der Waals surface area contributed by atoms with E-state index in [0.29, 0.717) is 11.8 Å². The molecular weight excluding hydrogens is 417 g/mol. The second kappa shape index (κ2) is 8.71. The molecule has 2 radical (unpaired) electrons. The third-order valence-electron chi connectivity index (χ3n) is 5.41. The van der Waals surface area contributed by atoms with Gasteiger partial charge in [0, 0.05) is 0 Å². The molecule has 0 saturated heterocycles. The van der Waals surface area contributed by atoms with Gasteiger partial charge in [-0.2, -0.15) is 0 Å². The molecule has 0 fully saturated rings. The third-order valence-corrected chi connectivity index (χ3v) is 6.78. The number of anilines is 1. The molecule has 1 nitrogen and oxygen atoms in total. The topological polar surface area (TPSA) is 12.0 Å². The summed E-state index contributed by atoms with van der Waals surface area (Å²) in [5.41, 5.74) is 5.62. The minimum absolute atomic E-state index is 0.150. The first-order valence-electron chi connectivity index (χ1n) is 9.61. The molecule has 1 aliphatic rings. The summed E-state index contributed by atoms with van der Waals surface area (Å²) < 4.78 is 1.36. The van der Waals surface area contributed by atoms with Crippen molar-refractivity contribution in [3.63, 3.8) is 0 Å². The molecule has 2 rings (SSSR count). The van der Waals surface area contributed by atoms with Gasteiger partial charge in [-0.1, -0.05) is 0 Å². The van der Waals surface area contributed by atoms with E-state index in [1.54, 1.807) is 0 Å². The van der Waals surface area contributed by atoms with Crippen molar-refractivity contribution in [2.75, 3.05) is 5.32 Å². The Hall–Kier alpha value is 0.180. The Balaban J connectivity index is 2.41. The summed E-state index contributed by atoms with van der Waals surface area (Å²) in [7, 11) is 0. The first-order chi connectivity index (χ1) is 11.3. The van der Waals surface area contributed by atoms with Gasteiger partial charge in [0.05, 0.1) is 0 Å². The van der Waals surface area contributed by atoms with Crippen molar-refractivity contribution < 1.29 is 0 Å². The van der Waals surface area contributed by atoms with Gasteiger partial charge < -0.3 is 0 Å². The van der Waals surface area contributed by atoms with Crippen molar-refractivity contribution in [3.8, 4) is 0 Å². The quantitative estimate of drug-likeness (QED) is 0.442. The summed E-state index contributed by atoms with van der Waals surface area (Å²) in [5, 5.41) is 4.81. The minimum atomic E-state index is 0.150. The van der Waals surface area contributed by atoms with Gasteiger partial charge in [0.2, 0.25) is 0 Å². The van der Waals surface area contributed by atoms with Crippen LogP contribution in [0.5, 0.6) is 0 Å². The number of benzene rings is 1. The Morgan fingerprint density at radius 1 is 1.33 bits per heavy atom. The standard InChI is InChI=1S/C21H33ClN.In/c1-7-9-10-11-16(8-2)17-12-14(3)20-18(19(17)22)15(4)13-21(5,6)23-20;/h12,15-16,23H,2,7-11,13H2,1,3-6H3;. The molecule has 1 N–H and O–H groups in total. The number of halogens is 1. The summed E-state index contributed by atoms with van der Waals surface area (Å²) in [4.78, 5) is 0. The maximum absolute atomic E-state index is 7.00. The molecule has 0 aliphatic carbocycles. The van der Waals surface area contributed by atoms with E-state index >= 15 is 0 Å². The molecule has 3 heteroatoms. The van der Waals surface area contributed by atoms with Crippen molar-refractivity contribution in [3.05, 3.63) is 27.8 Å². The SMILES string of the molecule is CCCCCC(C[CH2][In])c1cc(C)c2c(c1Cl)C(C)CC(C)(C)N2. The number of aryl methyl sites for hydroxylation is 1. The fraction of sp³-hybridized carbons (Fsp3) is 0.714. The second-order valence-corrected chi connectivity index (χ2v) is 10.3. The number of hydrogen-bond donors (Lipinski definition) is 1. The van der Waals surface area contributed by atoms with Gasteiger partial charge in [-0.05, 0) is 0 Å². The zero-order chi connectivity index (χ0) is 17.9. The Morgan fingerprint density at radius 2 is 2.04 bits per heavy atom. The van der Waals surface area contributed by atoms with Crippen LogP contribution < -0.4 is 5.32 Å². The molecule has 2 unspecified atom stereocenters. The fourth-order valence-corrected chi connectivity index (χ4v) is 5.96. The summed E-state index contributed by atoms with van der Waals surface area (Å²) in [6, 6.07) is 2.38. The molecule has 0 saturated carbocycles. The van der Waals surface area contributed by atoms with E-state index in [0.717, 1.165) is 11.4 Å². The molecule has 2 atom stereocenters. The van der Waals surface area contributed by atoms with E-state index in [9.17, 15) is 0 Å². The Labute approximate surface area is 168 Å². The van der Waals surface area contributed by atoms with Crippen molar-refractivity contribution in [1.29, 1.82) is 0 Å². The molecular formula is C21H33ClInN. The van der Waals surface area contributed by atoms with E-state index in [1.165, 1.54) is 83.0 Å². The zero-order valence-corrected chi connectivity index (χ0v) is 20.2. The van der Waals surface area contributed by atoms with E-state index in [4.69, 9.17) is 11.6 Å². The summed E-state index contributed by atoms with van der Waals surface area (Å²) in [5.74, 6) is 1.17. The molecule has 0 spiro atoms.